The summed E-state index contributed by atoms with van der Waals surface area (Å²) in [5, 5.41) is 3.44. The molecule has 3 rings (SSSR count). The smallest absolute Gasteiger partial charge is 0.241 e. The van der Waals surface area contributed by atoms with Crippen LogP contribution in [0, 0.1) is 13.8 Å². The van der Waals surface area contributed by atoms with E-state index in [1.807, 2.05) is 61.5 Å². The molecule has 7 heteroatoms. The standard InChI is InChI=1S/C24H25ClN2O3S/c1-17-12-14-20(15-13-17)24(19-8-5-4-6-9-19)26-23(28)16-27(31(3,29)30)22-11-7-10-21(25)18(22)2/h4-15,24H,16H2,1-3H3,(H,26,28)/t24-/m0/s1. The van der Waals surface area contributed by atoms with Crippen LogP contribution < -0.4 is 9.62 Å². The molecule has 3 aromatic carbocycles. The Labute approximate surface area is 188 Å². The van der Waals surface area contributed by atoms with Gasteiger partial charge in [0.05, 0.1) is 18.0 Å². The molecular formula is C24H25ClN2O3S. The maximum Gasteiger partial charge on any atom is 0.241 e. The molecule has 1 N–H and O–H groups in total. The van der Waals surface area contributed by atoms with E-state index >= 15 is 0 Å². The second-order valence-electron chi connectivity index (χ2n) is 7.48. The predicted molar refractivity (Wildman–Crippen MR) is 126 cm³/mol. The fraction of sp³-hybridized carbons (Fsp3) is 0.208. The van der Waals surface area contributed by atoms with E-state index in [0.717, 1.165) is 27.3 Å². The first-order valence-electron chi connectivity index (χ1n) is 9.80. The number of nitrogens with one attached hydrogen (secondary N) is 1. The quantitative estimate of drug-likeness (QED) is 0.563. The highest BCUT2D eigenvalue weighted by Gasteiger charge is 2.25. The molecule has 1 atom stereocenters. The third-order valence-corrected chi connectivity index (χ3v) is 6.58. The monoisotopic (exact) mass is 456 g/mol. The van der Waals surface area contributed by atoms with E-state index in [1.165, 1.54) is 0 Å². The number of benzene rings is 3. The lowest BCUT2D eigenvalue weighted by Gasteiger charge is -2.26. The van der Waals surface area contributed by atoms with Crippen molar-refractivity contribution in [3.63, 3.8) is 0 Å². The van der Waals surface area contributed by atoms with Gasteiger partial charge in [-0.3, -0.25) is 9.10 Å². The number of carbonyl (C=O) groups excluding carboxylic acids is 1. The van der Waals surface area contributed by atoms with Gasteiger partial charge in [-0.2, -0.15) is 0 Å². The number of aryl methyl sites for hydroxylation is 1. The Morgan fingerprint density at radius 3 is 2.16 bits per heavy atom. The highest BCUT2D eigenvalue weighted by molar-refractivity contribution is 7.92. The van der Waals surface area contributed by atoms with Crippen LogP contribution >= 0.6 is 11.6 Å². The molecule has 3 aromatic rings. The van der Waals surface area contributed by atoms with Crippen LogP contribution in [0.15, 0.2) is 72.8 Å². The van der Waals surface area contributed by atoms with Gasteiger partial charge >= 0.3 is 0 Å². The van der Waals surface area contributed by atoms with Gasteiger partial charge in [-0.1, -0.05) is 77.8 Å². The normalized spacial score (nSPS) is 12.3. The van der Waals surface area contributed by atoms with E-state index in [9.17, 15) is 13.2 Å². The molecule has 0 aliphatic carbocycles. The summed E-state index contributed by atoms with van der Waals surface area (Å²) in [5.41, 5.74) is 3.92. The Kier molecular flexibility index (Phi) is 7.03. The zero-order chi connectivity index (χ0) is 22.6. The summed E-state index contributed by atoms with van der Waals surface area (Å²) in [6, 6.07) is 22.0. The number of hydrogen-bond donors (Lipinski definition) is 1. The van der Waals surface area contributed by atoms with Gasteiger partial charge in [-0.05, 0) is 42.7 Å². The third-order valence-electron chi connectivity index (χ3n) is 5.04. The van der Waals surface area contributed by atoms with Crippen molar-refractivity contribution in [3.8, 4) is 0 Å². The molecule has 0 saturated heterocycles. The number of sulfonamides is 1. The molecule has 0 aromatic heterocycles. The highest BCUT2D eigenvalue weighted by Crippen LogP contribution is 2.28. The average molecular weight is 457 g/mol. The van der Waals surface area contributed by atoms with E-state index in [-0.39, 0.29) is 6.54 Å². The van der Waals surface area contributed by atoms with Crippen LogP contribution in [0.4, 0.5) is 5.69 Å². The first kappa shape index (κ1) is 22.8. The summed E-state index contributed by atoms with van der Waals surface area (Å²) in [6.45, 7) is 3.37. The molecule has 0 bridgehead atoms. The zero-order valence-corrected chi connectivity index (χ0v) is 19.2. The number of halogens is 1. The largest absolute Gasteiger partial charge is 0.344 e. The van der Waals surface area contributed by atoms with Crippen molar-refractivity contribution in [3.05, 3.63) is 100 Å². The van der Waals surface area contributed by atoms with E-state index in [2.05, 4.69) is 5.32 Å². The molecule has 0 aliphatic rings. The summed E-state index contributed by atoms with van der Waals surface area (Å²) in [7, 11) is -3.71. The van der Waals surface area contributed by atoms with Crippen LogP contribution in [0.5, 0.6) is 0 Å². The summed E-state index contributed by atoms with van der Waals surface area (Å²) in [6.07, 6.45) is 1.08. The Balaban J connectivity index is 1.91. The lowest BCUT2D eigenvalue weighted by atomic mass is 9.98. The van der Waals surface area contributed by atoms with Crippen molar-refractivity contribution in [2.75, 3.05) is 17.1 Å². The van der Waals surface area contributed by atoms with Gasteiger partial charge in [0, 0.05) is 5.02 Å². The molecule has 162 valence electrons. The Morgan fingerprint density at radius 1 is 0.935 bits per heavy atom. The molecular weight excluding hydrogens is 432 g/mol. The van der Waals surface area contributed by atoms with Gasteiger partial charge < -0.3 is 5.32 Å². The number of carbonyl (C=O) groups is 1. The fourth-order valence-electron chi connectivity index (χ4n) is 3.35. The predicted octanol–water partition coefficient (Wildman–Crippen LogP) is 4.63. The summed E-state index contributed by atoms with van der Waals surface area (Å²) >= 11 is 6.18. The molecule has 0 heterocycles. The fourth-order valence-corrected chi connectivity index (χ4v) is 4.42. The van der Waals surface area contributed by atoms with Crippen molar-refractivity contribution in [2.45, 2.75) is 19.9 Å². The van der Waals surface area contributed by atoms with Gasteiger partial charge in [0.25, 0.3) is 0 Å². The van der Waals surface area contributed by atoms with Gasteiger partial charge in [0.2, 0.25) is 15.9 Å². The van der Waals surface area contributed by atoms with Crippen LogP contribution in [0.25, 0.3) is 0 Å². The van der Waals surface area contributed by atoms with Crippen LogP contribution in [0.2, 0.25) is 5.02 Å². The molecule has 0 aliphatic heterocycles. The van der Waals surface area contributed by atoms with Crippen molar-refractivity contribution in [1.82, 2.24) is 5.32 Å². The minimum atomic E-state index is -3.71. The molecule has 0 radical (unpaired) electrons. The topological polar surface area (TPSA) is 66.5 Å². The molecule has 0 fully saturated rings. The number of rotatable bonds is 7. The third kappa shape index (κ3) is 5.66. The van der Waals surface area contributed by atoms with Crippen LogP contribution in [0.3, 0.4) is 0 Å². The van der Waals surface area contributed by atoms with Crippen LogP contribution in [0.1, 0.15) is 28.3 Å². The van der Waals surface area contributed by atoms with Crippen molar-refractivity contribution >= 4 is 33.2 Å². The van der Waals surface area contributed by atoms with Gasteiger partial charge in [0.15, 0.2) is 0 Å². The van der Waals surface area contributed by atoms with Gasteiger partial charge in [0.1, 0.15) is 6.54 Å². The Bertz CT molecular complexity index is 1160. The molecule has 0 saturated carbocycles. The van der Waals surface area contributed by atoms with Crippen LogP contribution in [-0.2, 0) is 14.8 Å². The van der Waals surface area contributed by atoms with Gasteiger partial charge in [-0.15, -0.1) is 0 Å². The Morgan fingerprint density at radius 2 is 1.55 bits per heavy atom. The first-order valence-corrected chi connectivity index (χ1v) is 12.0. The second-order valence-corrected chi connectivity index (χ2v) is 9.79. The number of hydrogen-bond acceptors (Lipinski definition) is 3. The maximum atomic E-state index is 13.0. The van der Waals surface area contributed by atoms with Crippen LogP contribution in [-0.4, -0.2) is 27.1 Å². The molecule has 31 heavy (non-hydrogen) atoms. The lowest BCUT2D eigenvalue weighted by Crippen LogP contribution is -2.42. The lowest BCUT2D eigenvalue weighted by molar-refractivity contribution is -0.120. The van der Waals surface area contributed by atoms with E-state index < -0.39 is 22.0 Å². The summed E-state index contributed by atoms with van der Waals surface area (Å²) in [5.74, 6) is -0.417. The SMILES string of the molecule is Cc1ccc([C@@H](NC(=O)CN(c2cccc(Cl)c2C)S(C)(=O)=O)c2ccccc2)cc1. The van der Waals surface area contributed by atoms with Crippen molar-refractivity contribution in [1.29, 1.82) is 0 Å². The maximum absolute atomic E-state index is 13.0. The van der Waals surface area contributed by atoms with E-state index in [4.69, 9.17) is 11.6 Å². The molecule has 0 spiro atoms. The minimum absolute atomic E-state index is 0.352. The number of amides is 1. The number of nitrogens with zero attached hydrogens (tertiary/aromatic N) is 1. The van der Waals surface area contributed by atoms with E-state index in [1.54, 1.807) is 25.1 Å². The first-order chi connectivity index (χ1) is 14.7. The van der Waals surface area contributed by atoms with Crippen molar-refractivity contribution < 1.29 is 13.2 Å². The number of anilines is 1. The minimum Gasteiger partial charge on any atom is -0.344 e. The zero-order valence-electron chi connectivity index (χ0n) is 17.7. The second kappa shape index (κ2) is 9.54. The van der Waals surface area contributed by atoms with Gasteiger partial charge in [-0.25, -0.2) is 8.42 Å². The molecule has 5 nitrogen and oxygen atoms in total. The summed E-state index contributed by atoms with van der Waals surface area (Å²) < 4.78 is 26.1. The molecule has 1 amide bonds. The van der Waals surface area contributed by atoms with Crippen molar-refractivity contribution in [2.24, 2.45) is 0 Å². The highest BCUT2D eigenvalue weighted by atomic mass is 35.5. The average Bonchev–Trinajstić information content (AvgIpc) is 2.73. The summed E-state index contributed by atoms with van der Waals surface area (Å²) in [4.78, 5) is 13.0. The van der Waals surface area contributed by atoms with E-state index in [0.29, 0.717) is 16.3 Å². The Hall–Kier alpha value is -2.83. The molecule has 0 unspecified atom stereocenters.